The second-order valence-electron chi connectivity index (χ2n) is 4.36. The van der Waals surface area contributed by atoms with Gasteiger partial charge in [0.1, 0.15) is 0 Å². The zero-order chi connectivity index (χ0) is 14.8. The summed E-state index contributed by atoms with van der Waals surface area (Å²) in [5.74, 6) is 1.09. The van der Waals surface area contributed by atoms with Gasteiger partial charge in [0.15, 0.2) is 11.6 Å². The third kappa shape index (κ3) is 3.12. The number of nitrogen functional groups attached to an aromatic ring is 1. The number of anilines is 1. The minimum Gasteiger partial charge on any atom is -0.368 e. The van der Waals surface area contributed by atoms with Crippen LogP contribution in [-0.4, -0.2) is 15.0 Å². The van der Waals surface area contributed by atoms with Gasteiger partial charge in [-0.3, -0.25) is 0 Å². The highest BCUT2D eigenvalue weighted by Gasteiger charge is 2.10. The van der Waals surface area contributed by atoms with Gasteiger partial charge < -0.3 is 5.73 Å². The summed E-state index contributed by atoms with van der Waals surface area (Å²) in [5, 5.41) is 1.02. The van der Waals surface area contributed by atoms with Crippen LogP contribution in [0.15, 0.2) is 48.5 Å². The third-order valence-corrected chi connectivity index (χ3v) is 3.24. The number of nitrogens with two attached hydrogens (primary N) is 1. The highest BCUT2D eigenvalue weighted by molar-refractivity contribution is 6.35. The molecule has 0 amide bonds. The maximum Gasteiger partial charge on any atom is 0.224 e. The van der Waals surface area contributed by atoms with Crippen LogP contribution < -0.4 is 5.73 Å². The molecule has 0 atom stereocenters. The Labute approximate surface area is 131 Å². The lowest BCUT2D eigenvalue weighted by atomic mass is 10.2. The second-order valence-corrected chi connectivity index (χ2v) is 5.24. The van der Waals surface area contributed by atoms with Crippen molar-refractivity contribution in [2.24, 2.45) is 0 Å². The van der Waals surface area contributed by atoms with Crippen LogP contribution in [-0.2, 0) is 0 Å². The van der Waals surface area contributed by atoms with Gasteiger partial charge in [0.2, 0.25) is 5.95 Å². The van der Waals surface area contributed by atoms with Gasteiger partial charge in [0.05, 0.1) is 0 Å². The van der Waals surface area contributed by atoms with Crippen molar-refractivity contribution in [2.45, 2.75) is 0 Å². The fourth-order valence-corrected chi connectivity index (χ4v) is 2.45. The minimum absolute atomic E-state index is 0.148. The van der Waals surface area contributed by atoms with E-state index in [0.717, 1.165) is 5.56 Å². The van der Waals surface area contributed by atoms with E-state index in [2.05, 4.69) is 15.0 Å². The SMILES string of the molecule is Nc1nc(-c2ccccc2)nc(-c2cc(Cl)cc(Cl)c2)n1. The Balaban J connectivity index is 2.14. The van der Waals surface area contributed by atoms with E-state index in [1.165, 1.54) is 0 Å². The molecule has 4 nitrogen and oxygen atoms in total. The highest BCUT2D eigenvalue weighted by Crippen LogP contribution is 2.26. The van der Waals surface area contributed by atoms with Crippen molar-refractivity contribution >= 4 is 29.2 Å². The quantitative estimate of drug-likeness (QED) is 0.773. The first-order chi connectivity index (χ1) is 10.1. The Kier molecular flexibility index (Phi) is 3.73. The van der Waals surface area contributed by atoms with Crippen LogP contribution in [0.4, 0.5) is 5.95 Å². The standard InChI is InChI=1S/C15H10Cl2N4/c16-11-6-10(7-12(17)8-11)14-19-13(20-15(18)21-14)9-4-2-1-3-5-9/h1-8H,(H2,18,19,20,21). The molecule has 6 heteroatoms. The van der Waals surface area contributed by atoms with Crippen molar-refractivity contribution in [1.29, 1.82) is 0 Å². The van der Waals surface area contributed by atoms with E-state index in [1.54, 1.807) is 18.2 Å². The van der Waals surface area contributed by atoms with E-state index in [0.29, 0.717) is 27.3 Å². The summed E-state index contributed by atoms with van der Waals surface area (Å²) in [6, 6.07) is 14.7. The number of nitrogens with zero attached hydrogens (tertiary/aromatic N) is 3. The molecule has 0 saturated carbocycles. The Morgan fingerprint density at radius 3 is 1.90 bits per heavy atom. The summed E-state index contributed by atoms with van der Waals surface area (Å²) in [7, 11) is 0. The predicted octanol–water partition coefficient (Wildman–Crippen LogP) is 4.09. The number of hydrogen-bond acceptors (Lipinski definition) is 4. The highest BCUT2D eigenvalue weighted by atomic mass is 35.5. The van der Waals surface area contributed by atoms with Crippen molar-refractivity contribution in [3.8, 4) is 22.8 Å². The number of hydrogen-bond donors (Lipinski definition) is 1. The van der Waals surface area contributed by atoms with E-state index >= 15 is 0 Å². The van der Waals surface area contributed by atoms with E-state index < -0.39 is 0 Å². The van der Waals surface area contributed by atoms with Gasteiger partial charge in [-0.25, -0.2) is 4.98 Å². The molecule has 3 aromatic rings. The smallest absolute Gasteiger partial charge is 0.224 e. The Hall–Kier alpha value is -2.17. The van der Waals surface area contributed by atoms with E-state index in [-0.39, 0.29) is 5.95 Å². The second kappa shape index (κ2) is 5.68. The number of aromatic nitrogens is 3. The average molecular weight is 317 g/mol. The lowest BCUT2D eigenvalue weighted by Gasteiger charge is -2.06. The molecule has 0 aliphatic carbocycles. The number of halogens is 2. The van der Waals surface area contributed by atoms with Crippen molar-refractivity contribution in [2.75, 3.05) is 5.73 Å². The molecule has 21 heavy (non-hydrogen) atoms. The molecule has 0 radical (unpaired) electrons. The van der Waals surface area contributed by atoms with Crippen LogP contribution in [0.2, 0.25) is 10.0 Å². The topological polar surface area (TPSA) is 64.7 Å². The van der Waals surface area contributed by atoms with Gasteiger partial charge in [0, 0.05) is 21.2 Å². The first-order valence-electron chi connectivity index (χ1n) is 6.15. The summed E-state index contributed by atoms with van der Waals surface area (Å²) >= 11 is 12.0. The summed E-state index contributed by atoms with van der Waals surface area (Å²) in [5.41, 5.74) is 7.34. The van der Waals surface area contributed by atoms with Crippen molar-refractivity contribution in [3.05, 3.63) is 58.6 Å². The molecular weight excluding hydrogens is 307 g/mol. The maximum atomic E-state index is 6.01. The zero-order valence-corrected chi connectivity index (χ0v) is 12.3. The average Bonchev–Trinajstić information content (AvgIpc) is 2.46. The monoisotopic (exact) mass is 316 g/mol. The number of rotatable bonds is 2. The largest absolute Gasteiger partial charge is 0.368 e. The molecule has 0 bridgehead atoms. The molecule has 0 saturated heterocycles. The Morgan fingerprint density at radius 1 is 0.714 bits per heavy atom. The molecule has 104 valence electrons. The van der Waals surface area contributed by atoms with Crippen LogP contribution >= 0.6 is 23.2 Å². The fraction of sp³-hybridized carbons (Fsp3) is 0. The van der Waals surface area contributed by atoms with Crippen LogP contribution in [0.1, 0.15) is 0 Å². The molecule has 2 aromatic carbocycles. The lowest BCUT2D eigenvalue weighted by Crippen LogP contribution is -2.02. The van der Waals surface area contributed by atoms with Gasteiger partial charge in [-0.05, 0) is 18.2 Å². The van der Waals surface area contributed by atoms with Gasteiger partial charge in [-0.2, -0.15) is 9.97 Å². The summed E-state index contributed by atoms with van der Waals surface area (Å²) in [4.78, 5) is 12.8. The van der Waals surface area contributed by atoms with Crippen molar-refractivity contribution in [1.82, 2.24) is 15.0 Å². The fourth-order valence-electron chi connectivity index (χ4n) is 1.92. The predicted molar refractivity (Wildman–Crippen MR) is 85.1 cm³/mol. The minimum atomic E-state index is 0.148. The van der Waals surface area contributed by atoms with Gasteiger partial charge in [-0.15, -0.1) is 0 Å². The van der Waals surface area contributed by atoms with Crippen molar-refractivity contribution < 1.29 is 0 Å². The molecule has 0 aliphatic rings. The van der Waals surface area contributed by atoms with Crippen LogP contribution in [0.3, 0.4) is 0 Å². The van der Waals surface area contributed by atoms with E-state index in [1.807, 2.05) is 30.3 Å². The summed E-state index contributed by atoms with van der Waals surface area (Å²) in [6.45, 7) is 0. The molecule has 0 spiro atoms. The van der Waals surface area contributed by atoms with Crippen LogP contribution in [0, 0.1) is 0 Å². The molecule has 0 aliphatic heterocycles. The maximum absolute atomic E-state index is 6.01. The lowest BCUT2D eigenvalue weighted by molar-refractivity contribution is 1.08. The Morgan fingerprint density at radius 2 is 1.29 bits per heavy atom. The third-order valence-electron chi connectivity index (χ3n) is 2.81. The summed E-state index contributed by atoms with van der Waals surface area (Å²) in [6.07, 6.45) is 0. The van der Waals surface area contributed by atoms with E-state index in [4.69, 9.17) is 28.9 Å². The van der Waals surface area contributed by atoms with Gasteiger partial charge in [-0.1, -0.05) is 53.5 Å². The normalized spacial score (nSPS) is 10.6. The summed E-state index contributed by atoms with van der Waals surface area (Å²) < 4.78 is 0. The van der Waals surface area contributed by atoms with Crippen molar-refractivity contribution in [3.63, 3.8) is 0 Å². The molecular formula is C15H10Cl2N4. The van der Waals surface area contributed by atoms with E-state index in [9.17, 15) is 0 Å². The first-order valence-corrected chi connectivity index (χ1v) is 6.91. The zero-order valence-electron chi connectivity index (χ0n) is 10.8. The molecule has 3 rings (SSSR count). The first kappa shape index (κ1) is 13.8. The molecule has 2 N–H and O–H groups in total. The van der Waals surface area contributed by atoms with Crippen LogP contribution in [0.5, 0.6) is 0 Å². The molecule has 1 heterocycles. The molecule has 0 unspecified atom stereocenters. The van der Waals surface area contributed by atoms with Gasteiger partial charge in [0.25, 0.3) is 0 Å². The molecule has 1 aromatic heterocycles. The van der Waals surface area contributed by atoms with Crippen LogP contribution in [0.25, 0.3) is 22.8 Å². The number of benzene rings is 2. The molecule has 0 fully saturated rings. The van der Waals surface area contributed by atoms with Gasteiger partial charge >= 0.3 is 0 Å². The Bertz CT molecular complexity index is 771.